The minimum Gasteiger partial charge on any atom is -0.332 e. The Labute approximate surface area is 172 Å². The summed E-state index contributed by atoms with van der Waals surface area (Å²) < 4.78 is 15.5. The van der Waals surface area contributed by atoms with Gasteiger partial charge in [0.25, 0.3) is 0 Å². The first-order valence-electron chi connectivity index (χ1n) is 9.16. The zero-order valence-electron chi connectivity index (χ0n) is 15.1. The summed E-state index contributed by atoms with van der Waals surface area (Å²) in [6.07, 6.45) is 4.49. The van der Waals surface area contributed by atoms with Crippen LogP contribution < -0.4 is 10.6 Å². The van der Waals surface area contributed by atoms with Crippen LogP contribution in [-0.2, 0) is 13.0 Å². The molecule has 1 aliphatic heterocycles. The number of hydrogen-bond donors (Lipinski definition) is 2. The number of hydrogen-bond acceptors (Lipinski definition) is 3. The zero-order valence-corrected chi connectivity index (χ0v) is 16.7. The van der Waals surface area contributed by atoms with E-state index in [0.717, 1.165) is 48.7 Å². The molecule has 1 aliphatic rings. The summed E-state index contributed by atoms with van der Waals surface area (Å²) in [6.45, 7) is 0.945. The van der Waals surface area contributed by atoms with E-state index in [1.807, 2.05) is 24.3 Å². The predicted molar refractivity (Wildman–Crippen MR) is 114 cm³/mol. The van der Waals surface area contributed by atoms with Gasteiger partial charge in [0.15, 0.2) is 10.9 Å². The summed E-state index contributed by atoms with van der Waals surface area (Å²) in [5, 5.41) is 15.4. The number of nitrogens with one attached hydrogen (secondary N) is 2. The van der Waals surface area contributed by atoms with Crippen LogP contribution in [-0.4, -0.2) is 19.9 Å². The van der Waals surface area contributed by atoms with E-state index in [1.165, 1.54) is 18.6 Å². The van der Waals surface area contributed by atoms with E-state index in [9.17, 15) is 4.39 Å². The van der Waals surface area contributed by atoms with Crippen molar-refractivity contribution in [2.45, 2.75) is 32.2 Å². The maximum atomic E-state index is 13.3. The molecule has 0 saturated heterocycles. The Bertz CT molecular complexity index is 1020. The summed E-state index contributed by atoms with van der Waals surface area (Å²) in [7, 11) is 0. The van der Waals surface area contributed by atoms with Crippen molar-refractivity contribution < 1.29 is 4.39 Å². The number of fused-ring (bicyclic) bond motifs is 1. The van der Waals surface area contributed by atoms with E-state index in [-0.39, 0.29) is 5.02 Å². The average molecular weight is 416 g/mol. The molecule has 0 aliphatic carbocycles. The van der Waals surface area contributed by atoms with E-state index in [0.29, 0.717) is 10.8 Å². The molecule has 0 atom stereocenters. The van der Waals surface area contributed by atoms with Crippen LogP contribution in [0, 0.1) is 5.82 Å². The molecular formula is C20H19ClFN5S. The van der Waals surface area contributed by atoms with Crippen LogP contribution in [0.15, 0.2) is 42.5 Å². The van der Waals surface area contributed by atoms with Gasteiger partial charge in [-0.3, -0.25) is 0 Å². The number of aromatic nitrogens is 3. The predicted octanol–water partition coefficient (Wildman–Crippen LogP) is 5.27. The quantitative estimate of drug-likeness (QED) is 0.570. The highest BCUT2D eigenvalue weighted by Crippen LogP contribution is 2.25. The summed E-state index contributed by atoms with van der Waals surface area (Å²) in [5.41, 5.74) is 2.43. The van der Waals surface area contributed by atoms with Gasteiger partial charge in [0.2, 0.25) is 0 Å². The molecule has 3 aromatic rings. The van der Waals surface area contributed by atoms with Gasteiger partial charge in [0.05, 0.1) is 5.02 Å². The van der Waals surface area contributed by atoms with Gasteiger partial charge in [-0.25, -0.2) is 4.39 Å². The third-order valence-electron chi connectivity index (χ3n) is 4.67. The number of benzene rings is 2. The number of anilines is 2. The number of thiocarbonyl (C=S) groups is 1. The van der Waals surface area contributed by atoms with Crippen LogP contribution in [0.3, 0.4) is 0 Å². The zero-order chi connectivity index (χ0) is 19.5. The van der Waals surface area contributed by atoms with Crippen LogP contribution >= 0.6 is 23.8 Å². The molecule has 2 aromatic carbocycles. The molecule has 0 amide bonds. The molecular weight excluding hydrogens is 397 g/mol. The van der Waals surface area contributed by atoms with Crippen LogP contribution in [0.1, 0.15) is 25.1 Å². The number of rotatable bonds is 3. The Morgan fingerprint density at radius 1 is 1.04 bits per heavy atom. The second kappa shape index (κ2) is 8.24. The SMILES string of the molecule is Fc1ccc(NC(=S)Nc2cccc(-c3nnc4n3CCCCC4)c2)cc1Cl. The largest absolute Gasteiger partial charge is 0.332 e. The van der Waals surface area contributed by atoms with Crippen LogP contribution in [0.5, 0.6) is 0 Å². The molecule has 8 heteroatoms. The normalized spacial score (nSPS) is 13.5. The Balaban J connectivity index is 1.50. The van der Waals surface area contributed by atoms with Gasteiger partial charge in [0, 0.05) is 29.9 Å². The van der Waals surface area contributed by atoms with Gasteiger partial charge in [-0.2, -0.15) is 0 Å². The third-order valence-corrected chi connectivity index (χ3v) is 5.16. The molecule has 144 valence electrons. The highest BCUT2D eigenvalue weighted by Gasteiger charge is 2.16. The van der Waals surface area contributed by atoms with Crippen molar-refractivity contribution in [1.82, 2.24) is 14.8 Å². The molecule has 5 nitrogen and oxygen atoms in total. The van der Waals surface area contributed by atoms with Crippen LogP contribution in [0.4, 0.5) is 15.8 Å². The van der Waals surface area contributed by atoms with Gasteiger partial charge < -0.3 is 15.2 Å². The first-order valence-corrected chi connectivity index (χ1v) is 9.94. The van der Waals surface area contributed by atoms with Crippen molar-refractivity contribution in [2.24, 2.45) is 0 Å². The van der Waals surface area contributed by atoms with Gasteiger partial charge in [-0.05, 0) is 55.4 Å². The lowest BCUT2D eigenvalue weighted by Gasteiger charge is -2.12. The van der Waals surface area contributed by atoms with Gasteiger partial charge in [-0.1, -0.05) is 30.2 Å². The molecule has 0 spiro atoms. The maximum Gasteiger partial charge on any atom is 0.175 e. The standard InChI is InChI=1S/C20H19ClFN5S/c21-16-12-15(8-9-17(16)22)24-20(28)23-14-6-4-5-13(11-14)19-26-25-18-7-2-1-3-10-27(18)19/h4-6,8-9,11-12H,1-3,7,10H2,(H2,23,24,28). The first-order chi connectivity index (χ1) is 13.6. The van der Waals surface area contributed by atoms with E-state index in [2.05, 4.69) is 25.4 Å². The number of halogens is 2. The molecule has 0 radical (unpaired) electrons. The lowest BCUT2D eigenvalue weighted by Crippen LogP contribution is -2.19. The lowest BCUT2D eigenvalue weighted by molar-refractivity contribution is 0.628. The fourth-order valence-corrected chi connectivity index (χ4v) is 3.72. The fraction of sp³-hybridized carbons (Fsp3) is 0.250. The molecule has 0 saturated carbocycles. The summed E-state index contributed by atoms with van der Waals surface area (Å²) in [6, 6.07) is 12.3. The second-order valence-corrected chi connectivity index (χ2v) is 7.51. The number of aryl methyl sites for hydroxylation is 1. The third kappa shape index (κ3) is 4.15. The van der Waals surface area contributed by atoms with Crippen molar-refractivity contribution in [3.63, 3.8) is 0 Å². The van der Waals surface area contributed by atoms with Crippen molar-refractivity contribution in [3.8, 4) is 11.4 Å². The van der Waals surface area contributed by atoms with Crippen molar-refractivity contribution in [3.05, 3.63) is 59.1 Å². The Morgan fingerprint density at radius 3 is 2.68 bits per heavy atom. The van der Waals surface area contributed by atoms with Gasteiger partial charge in [-0.15, -0.1) is 10.2 Å². The Hall–Kier alpha value is -2.51. The first kappa shape index (κ1) is 18.8. The summed E-state index contributed by atoms with van der Waals surface area (Å²) in [4.78, 5) is 0. The average Bonchev–Trinajstić information content (AvgIpc) is 2.93. The van der Waals surface area contributed by atoms with E-state index in [4.69, 9.17) is 23.8 Å². The molecule has 28 heavy (non-hydrogen) atoms. The summed E-state index contributed by atoms with van der Waals surface area (Å²) >= 11 is 11.2. The highest BCUT2D eigenvalue weighted by atomic mass is 35.5. The lowest BCUT2D eigenvalue weighted by atomic mass is 10.2. The topological polar surface area (TPSA) is 54.8 Å². The Kier molecular flexibility index (Phi) is 5.54. The van der Waals surface area contributed by atoms with Crippen molar-refractivity contribution in [1.29, 1.82) is 0 Å². The Morgan fingerprint density at radius 2 is 1.86 bits per heavy atom. The smallest absolute Gasteiger partial charge is 0.175 e. The monoisotopic (exact) mass is 415 g/mol. The van der Waals surface area contributed by atoms with Crippen molar-refractivity contribution in [2.75, 3.05) is 10.6 Å². The minimum absolute atomic E-state index is 0.0438. The van der Waals surface area contributed by atoms with Crippen molar-refractivity contribution >= 4 is 40.3 Å². The molecule has 4 rings (SSSR count). The van der Waals surface area contributed by atoms with E-state index in [1.54, 1.807) is 6.07 Å². The van der Waals surface area contributed by atoms with Gasteiger partial charge >= 0.3 is 0 Å². The fourth-order valence-electron chi connectivity index (χ4n) is 3.30. The molecule has 0 unspecified atom stereocenters. The number of nitrogens with zero attached hydrogens (tertiary/aromatic N) is 3. The highest BCUT2D eigenvalue weighted by molar-refractivity contribution is 7.80. The molecule has 2 heterocycles. The minimum atomic E-state index is -0.466. The van der Waals surface area contributed by atoms with E-state index < -0.39 is 5.82 Å². The second-order valence-electron chi connectivity index (χ2n) is 6.69. The van der Waals surface area contributed by atoms with E-state index >= 15 is 0 Å². The molecule has 2 N–H and O–H groups in total. The van der Waals surface area contributed by atoms with Crippen LogP contribution in [0.2, 0.25) is 5.02 Å². The molecule has 0 fully saturated rings. The van der Waals surface area contributed by atoms with Gasteiger partial charge in [0.1, 0.15) is 11.6 Å². The molecule has 0 bridgehead atoms. The summed E-state index contributed by atoms with van der Waals surface area (Å²) in [5.74, 6) is 1.47. The maximum absolute atomic E-state index is 13.3. The van der Waals surface area contributed by atoms with Crippen LogP contribution in [0.25, 0.3) is 11.4 Å². The molecule has 1 aromatic heterocycles.